The van der Waals surface area contributed by atoms with E-state index < -0.39 is 0 Å². The van der Waals surface area contributed by atoms with Gasteiger partial charge in [0.1, 0.15) is 5.69 Å². The number of aromatic nitrogens is 3. The van der Waals surface area contributed by atoms with Crippen LogP contribution in [0.3, 0.4) is 0 Å². The summed E-state index contributed by atoms with van der Waals surface area (Å²) in [6, 6.07) is 7.00. The minimum Gasteiger partial charge on any atom is -0.465 e. The molecule has 0 aliphatic carbocycles. The summed E-state index contributed by atoms with van der Waals surface area (Å²) in [7, 11) is 1.34. The van der Waals surface area contributed by atoms with Crippen LogP contribution in [0.5, 0.6) is 0 Å². The number of aldehydes is 1. The first-order valence-corrected chi connectivity index (χ1v) is 5.68. The predicted molar refractivity (Wildman–Crippen MR) is 67.0 cm³/mol. The molecule has 0 saturated heterocycles. The Morgan fingerprint density at radius 3 is 2.58 bits per heavy atom. The topological polar surface area (TPSA) is 74.1 Å². The quantitative estimate of drug-likeness (QED) is 0.610. The predicted octanol–water partition coefficient (Wildman–Crippen LogP) is 1.23. The Kier molecular flexibility index (Phi) is 3.70. The van der Waals surface area contributed by atoms with E-state index >= 15 is 0 Å². The van der Waals surface area contributed by atoms with Crippen LogP contribution in [0.1, 0.15) is 32.1 Å². The largest absolute Gasteiger partial charge is 0.465 e. The van der Waals surface area contributed by atoms with E-state index in [-0.39, 0.29) is 5.97 Å². The standard InChI is InChI=1S/C13H13N3O3/c1-9-12(8-17)14-15-16(9)7-10-3-5-11(6-4-10)13(18)19-2/h3-6,8H,7H2,1-2H3. The van der Waals surface area contributed by atoms with Crippen LogP contribution in [0.2, 0.25) is 0 Å². The highest BCUT2D eigenvalue weighted by Crippen LogP contribution is 2.09. The fourth-order valence-corrected chi connectivity index (χ4v) is 1.67. The van der Waals surface area contributed by atoms with Crippen LogP contribution in [0.15, 0.2) is 24.3 Å². The van der Waals surface area contributed by atoms with Gasteiger partial charge in [-0.05, 0) is 24.6 Å². The molecule has 1 heterocycles. The third-order valence-electron chi connectivity index (χ3n) is 2.84. The van der Waals surface area contributed by atoms with Crippen molar-refractivity contribution in [3.05, 3.63) is 46.8 Å². The zero-order chi connectivity index (χ0) is 13.8. The van der Waals surface area contributed by atoms with Crippen molar-refractivity contribution in [3.8, 4) is 0 Å². The zero-order valence-corrected chi connectivity index (χ0v) is 10.7. The average Bonchev–Trinajstić information content (AvgIpc) is 2.79. The number of ether oxygens (including phenoxy) is 1. The minimum absolute atomic E-state index is 0.339. The fraction of sp³-hybridized carbons (Fsp3) is 0.231. The van der Waals surface area contributed by atoms with Gasteiger partial charge in [0.15, 0.2) is 6.29 Å². The second-order valence-electron chi connectivity index (χ2n) is 4.02. The molecule has 0 amide bonds. The molecule has 0 radical (unpaired) electrons. The average molecular weight is 259 g/mol. The molecule has 1 aromatic heterocycles. The molecule has 1 aromatic carbocycles. The number of nitrogens with zero attached hydrogens (tertiary/aromatic N) is 3. The molecule has 0 saturated carbocycles. The first-order chi connectivity index (χ1) is 9.15. The van der Waals surface area contributed by atoms with Crippen molar-refractivity contribution >= 4 is 12.3 Å². The summed E-state index contributed by atoms with van der Waals surface area (Å²) >= 11 is 0. The second-order valence-corrected chi connectivity index (χ2v) is 4.02. The van der Waals surface area contributed by atoms with Gasteiger partial charge in [-0.15, -0.1) is 5.10 Å². The first kappa shape index (κ1) is 12.9. The van der Waals surface area contributed by atoms with Crippen molar-refractivity contribution in [2.45, 2.75) is 13.5 Å². The third-order valence-corrected chi connectivity index (χ3v) is 2.84. The molecule has 6 heteroatoms. The van der Waals surface area contributed by atoms with Crippen LogP contribution in [0, 0.1) is 6.92 Å². The molecule has 0 bridgehead atoms. The van der Waals surface area contributed by atoms with Crippen LogP contribution in [-0.4, -0.2) is 34.4 Å². The molecule has 0 unspecified atom stereocenters. The van der Waals surface area contributed by atoms with Crippen LogP contribution >= 0.6 is 0 Å². The maximum absolute atomic E-state index is 11.3. The summed E-state index contributed by atoms with van der Waals surface area (Å²) in [6.07, 6.45) is 0.680. The van der Waals surface area contributed by atoms with Crippen molar-refractivity contribution in [2.24, 2.45) is 0 Å². The second kappa shape index (κ2) is 5.43. The van der Waals surface area contributed by atoms with E-state index in [9.17, 15) is 9.59 Å². The van der Waals surface area contributed by atoms with Gasteiger partial charge >= 0.3 is 5.97 Å². The Morgan fingerprint density at radius 1 is 1.37 bits per heavy atom. The number of esters is 1. The van der Waals surface area contributed by atoms with Gasteiger partial charge in [-0.2, -0.15) is 0 Å². The van der Waals surface area contributed by atoms with Crippen molar-refractivity contribution in [3.63, 3.8) is 0 Å². The number of methoxy groups -OCH3 is 1. The maximum Gasteiger partial charge on any atom is 0.337 e. The molecule has 0 spiro atoms. The van der Waals surface area contributed by atoms with Gasteiger partial charge in [0.2, 0.25) is 0 Å². The van der Waals surface area contributed by atoms with Crippen molar-refractivity contribution < 1.29 is 14.3 Å². The lowest BCUT2D eigenvalue weighted by atomic mass is 10.1. The number of carbonyl (C=O) groups excluding carboxylic acids is 2. The van der Waals surface area contributed by atoms with Crippen molar-refractivity contribution in [1.29, 1.82) is 0 Å². The molecule has 0 fully saturated rings. The number of hydrogen-bond acceptors (Lipinski definition) is 5. The summed E-state index contributed by atoms with van der Waals surface area (Å²) in [5, 5.41) is 7.66. The molecule has 0 aliphatic heterocycles. The van der Waals surface area contributed by atoms with Crippen molar-refractivity contribution in [1.82, 2.24) is 15.0 Å². The van der Waals surface area contributed by atoms with Gasteiger partial charge in [0.25, 0.3) is 0 Å². The Hall–Kier alpha value is -2.50. The van der Waals surface area contributed by atoms with Crippen LogP contribution in [0.4, 0.5) is 0 Å². The fourth-order valence-electron chi connectivity index (χ4n) is 1.67. The van der Waals surface area contributed by atoms with Gasteiger partial charge < -0.3 is 4.74 Å². The Labute approximate surface area is 110 Å². The summed E-state index contributed by atoms with van der Waals surface area (Å²) in [5.41, 5.74) is 2.51. The maximum atomic E-state index is 11.3. The Bertz CT molecular complexity index is 602. The van der Waals surface area contributed by atoms with E-state index in [1.54, 1.807) is 23.7 Å². The SMILES string of the molecule is COC(=O)c1ccc(Cn2nnc(C=O)c2C)cc1. The molecule has 0 aliphatic rings. The van der Waals surface area contributed by atoms with Gasteiger partial charge in [-0.1, -0.05) is 17.3 Å². The molecule has 2 rings (SSSR count). The number of hydrogen-bond donors (Lipinski definition) is 0. The van der Waals surface area contributed by atoms with Gasteiger partial charge in [0, 0.05) is 0 Å². The van der Waals surface area contributed by atoms with E-state index in [0.29, 0.717) is 29.8 Å². The minimum atomic E-state index is -0.369. The Morgan fingerprint density at radius 2 is 2.05 bits per heavy atom. The normalized spacial score (nSPS) is 10.2. The molecule has 6 nitrogen and oxygen atoms in total. The van der Waals surface area contributed by atoms with E-state index in [1.165, 1.54) is 7.11 Å². The highest BCUT2D eigenvalue weighted by molar-refractivity contribution is 5.89. The lowest BCUT2D eigenvalue weighted by Crippen LogP contribution is -2.05. The molecular weight excluding hydrogens is 246 g/mol. The molecule has 19 heavy (non-hydrogen) atoms. The summed E-state index contributed by atoms with van der Waals surface area (Å²) < 4.78 is 6.26. The van der Waals surface area contributed by atoms with Crippen molar-refractivity contribution in [2.75, 3.05) is 7.11 Å². The third kappa shape index (κ3) is 2.67. The van der Waals surface area contributed by atoms with Crippen LogP contribution in [-0.2, 0) is 11.3 Å². The molecule has 98 valence electrons. The van der Waals surface area contributed by atoms with E-state index in [2.05, 4.69) is 15.0 Å². The summed E-state index contributed by atoms with van der Waals surface area (Å²) in [5.74, 6) is -0.369. The number of rotatable bonds is 4. The Balaban J connectivity index is 2.17. The van der Waals surface area contributed by atoms with Gasteiger partial charge in [-0.25, -0.2) is 9.48 Å². The lowest BCUT2D eigenvalue weighted by Gasteiger charge is -2.04. The van der Waals surface area contributed by atoms with Gasteiger partial charge in [-0.3, -0.25) is 4.79 Å². The molecule has 0 N–H and O–H groups in total. The lowest BCUT2D eigenvalue weighted by molar-refractivity contribution is 0.0600. The zero-order valence-electron chi connectivity index (χ0n) is 10.7. The molecule has 0 atom stereocenters. The van der Waals surface area contributed by atoms with Crippen LogP contribution in [0.25, 0.3) is 0 Å². The molecule has 2 aromatic rings. The highest BCUT2D eigenvalue weighted by atomic mass is 16.5. The number of carbonyl (C=O) groups is 2. The molecular formula is C13H13N3O3. The summed E-state index contributed by atoms with van der Waals surface area (Å²) in [6.45, 7) is 2.28. The smallest absolute Gasteiger partial charge is 0.337 e. The van der Waals surface area contributed by atoms with Crippen LogP contribution < -0.4 is 0 Å². The highest BCUT2D eigenvalue weighted by Gasteiger charge is 2.08. The van der Waals surface area contributed by atoms with Gasteiger partial charge in [0.05, 0.1) is 24.9 Å². The van der Waals surface area contributed by atoms with E-state index in [4.69, 9.17) is 0 Å². The number of benzene rings is 1. The van der Waals surface area contributed by atoms with E-state index in [1.807, 2.05) is 12.1 Å². The van der Waals surface area contributed by atoms with E-state index in [0.717, 1.165) is 5.56 Å². The first-order valence-electron chi connectivity index (χ1n) is 5.68. The summed E-state index contributed by atoms with van der Waals surface area (Å²) in [4.78, 5) is 22.0. The monoisotopic (exact) mass is 259 g/mol.